The molecule has 0 fully saturated rings. The van der Waals surface area contributed by atoms with Gasteiger partial charge in [0.25, 0.3) is 0 Å². The number of aliphatic carboxylic acids is 1. The Kier molecular flexibility index (Phi) is 5.80. The molecule has 0 amide bonds. The number of hydrogen-bond acceptors (Lipinski definition) is 3. The van der Waals surface area contributed by atoms with Crippen LogP contribution in [-0.4, -0.2) is 29.5 Å². The van der Waals surface area contributed by atoms with Crippen molar-refractivity contribution in [2.75, 3.05) is 17.7 Å². The number of nitrogens with two attached hydrogens (primary N) is 1. The minimum atomic E-state index is -0.953. The molecule has 0 aliphatic heterocycles. The maximum Gasteiger partial charge on any atom is 0.320 e. The van der Waals surface area contributed by atoms with Crippen molar-refractivity contribution in [2.45, 2.75) is 18.9 Å². The number of halogens is 1. The van der Waals surface area contributed by atoms with Crippen molar-refractivity contribution in [2.24, 2.45) is 5.73 Å². The Morgan fingerprint density at radius 3 is 2.59 bits per heavy atom. The van der Waals surface area contributed by atoms with E-state index in [1.54, 1.807) is 0 Å². The predicted octanol–water partition coefficient (Wildman–Crippen LogP) is 1.68. The van der Waals surface area contributed by atoms with Crippen molar-refractivity contribution in [1.82, 2.24) is 0 Å². The zero-order chi connectivity index (χ0) is 12.7. The Balaban J connectivity index is 2.42. The van der Waals surface area contributed by atoms with Crippen LogP contribution in [-0.2, 0) is 11.2 Å². The van der Waals surface area contributed by atoms with Gasteiger partial charge in [-0.3, -0.25) is 4.79 Å². The summed E-state index contributed by atoms with van der Waals surface area (Å²) in [6.45, 7) is 0.727. The van der Waals surface area contributed by atoms with E-state index in [2.05, 4.69) is 5.32 Å². The summed E-state index contributed by atoms with van der Waals surface area (Å²) in [5.41, 5.74) is 7.53. The van der Waals surface area contributed by atoms with Gasteiger partial charge in [0.15, 0.2) is 0 Å². The lowest BCUT2D eigenvalue weighted by Gasteiger charge is -2.08. The summed E-state index contributed by atoms with van der Waals surface area (Å²) in [4.78, 5) is 10.5. The SMILES string of the molecule is NC(CCc1ccc(NCCCl)cc1)C(=O)O. The fraction of sp³-hybridized carbons (Fsp3) is 0.417. The maximum atomic E-state index is 10.5. The third kappa shape index (κ3) is 5.06. The van der Waals surface area contributed by atoms with E-state index < -0.39 is 12.0 Å². The second-order valence-electron chi connectivity index (χ2n) is 3.80. The van der Waals surface area contributed by atoms with Gasteiger partial charge in [-0.1, -0.05) is 12.1 Å². The topological polar surface area (TPSA) is 75.3 Å². The number of hydrogen-bond donors (Lipinski definition) is 3. The molecule has 17 heavy (non-hydrogen) atoms. The van der Waals surface area contributed by atoms with Crippen molar-refractivity contribution in [3.05, 3.63) is 29.8 Å². The number of aryl methyl sites for hydroxylation is 1. The lowest BCUT2D eigenvalue weighted by molar-refractivity contribution is -0.138. The third-order valence-corrected chi connectivity index (χ3v) is 2.63. The number of benzene rings is 1. The number of nitrogens with one attached hydrogen (secondary N) is 1. The molecule has 0 radical (unpaired) electrons. The van der Waals surface area contributed by atoms with Crippen LogP contribution in [0.3, 0.4) is 0 Å². The molecule has 0 aromatic heterocycles. The second-order valence-corrected chi connectivity index (χ2v) is 4.17. The quantitative estimate of drug-likeness (QED) is 0.649. The van der Waals surface area contributed by atoms with Gasteiger partial charge in [-0.2, -0.15) is 0 Å². The monoisotopic (exact) mass is 256 g/mol. The van der Waals surface area contributed by atoms with Crippen LogP contribution in [0.5, 0.6) is 0 Å². The molecule has 1 unspecified atom stereocenters. The summed E-state index contributed by atoms with van der Waals surface area (Å²) in [6.07, 6.45) is 1.12. The number of alkyl halides is 1. The van der Waals surface area contributed by atoms with Crippen molar-refractivity contribution >= 4 is 23.3 Å². The van der Waals surface area contributed by atoms with E-state index in [1.165, 1.54) is 0 Å². The molecule has 94 valence electrons. The van der Waals surface area contributed by atoms with E-state index >= 15 is 0 Å². The van der Waals surface area contributed by atoms with E-state index in [0.29, 0.717) is 18.7 Å². The minimum absolute atomic E-state index is 0.448. The molecule has 1 aromatic carbocycles. The first kappa shape index (κ1) is 13.8. The smallest absolute Gasteiger partial charge is 0.320 e. The summed E-state index contributed by atoms with van der Waals surface area (Å²) < 4.78 is 0. The van der Waals surface area contributed by atoms with Gasteiger partial charge in [0, 0.05) is 18.1 Å². The maximum absolute atomic E-state index is 10.5. The van der Waals surface area contributed by atoms with E-state index in [9.17, 15) is 4.79 Å². The van der Waals surface area contributed by atoms with E-state index in [4.69, 9.17) is 22.4 Å². The summed E-state index contributed by atoms with van der Waals surface area (Å²) >= 11 is 5.56. The molecule has 0 aliphatic carbocycles. The lowest BCUT2D eigenvalue weighted by Crippen LogP contribution is -2.30. The standard InChI is InChI=1S/C12H17ClN2O2/c13-7-8-15-10-4-1-9(2-5-10)3-6-11(14)12(16)17/h1-2,4-5,11,15H,3,6-8,14H2,(H,16,17). The van der Waals surface area contributed by atoms with Gasteiger partial charge in [0.2, 0.25) is 0 Å². The van der Waals surface area contributed by atoms with Gasteiger partial charge in [-0.05, 0) is 30.5 Å². The fourth-order valence-electron chi connectivity index (χ4n) is 1.43. The molecule has 4 nitrogen and oxygen atoms in total. The van der Waals surface area contributed by atoms with Gasteiger partial charge in [0.1, 0.15) is 6.04 Å². The van der Waals surface area contributed by atoms with Crippen molar-refractivity contribution < 1.29 is 9.90 Å². The van der Waals surface area contributed by atoms with Crippen molar-refractivity contribution in [3.63, 3.8) is 0 Å². The summed E-state index contributed by atoms with van der Waals surface area (Å²) in [7, 11) is 0. The molecule has 0 heterocycles. The van der Waals surface area contributed by atoms with Crippen LogP contribution in [0.2, 0.25) is 0 Å². The molecule has 1 atom stereocenters. The Hall–Kier alpha value is -1.26. The van der Waals surface area contributed by atoms with Crippen molar-refractivity contribution in [1.29, 1.82) is 0 Å². The Bertz CT molecular complexity index is 354. The Morgan fingerprint density at radius 2 is 2.06 bits per heavy atom. The van der Waals surface area contributed by atoms with Crippen LogP contribution in [0.4, 0.5) is 5.69 Å². The number of carbonyl (C=O) groups is 1. The van der Waals surface area contributed by atoms with Gasteiger partial charge in [-0.25, -0.2) is 0 Å². The van der Waals surface area contributed by atoms with Gasteiger partial charge in [-0.15, -0.1) is 11.6 Å². The molecule has 0 saturated carbocycles. The molecular weight excluding hydrogens is 240 g/mol. The molecular formula is C12H17ClN2O2. The first-order valence-electron chi connectivity index (χ1n) is 5.50. The highest BCUT2D eigenvalue weighted by atomic mass is 35.5. The average Bonchev–Trinajstić information content (AvgIpc) is 2.34. The largest absolute Gasteiger partial charge is 0.480 e. The van der Waals surface area contributed by atoms with Crippen LogP contribution in [0.1, 0.15) is 12.0 Å². The van der Waals surface area contributed by atoms with Crippen LogP contribution in [0, 0.1) is 0 Å². The first-order chi connectivity index (χ1) is 8.13. The van der Waals surface area contributed by atoms with E-state index in [-0.39, 0.29) is 0 Å². The average molecular weight is 257 g/mol. The second kappa shape index (κ2) is 7.14. The number of rotatable bonds is 7. The summed E-state index contributed by atoms with van der Waals surface area (Å²) in [5, 5.41) is 11.8. The van der Waals surface area contributed by atoms with Crippen LogP contribution in [0.15, 0.2) is 24.3 Å². The van der Waals surface area contributed by atoms with Crippen molar-refractivity contribution in [3.8, 4) is 0 Å². The molecule has 0 saturated heterocycles. The highest BCUT2D eigenvalue weighted by molar-refractivity contribution is 6.18. The van der Waals surface area contributed by atoms with E-state index in [1.807, 2.05) is 24.3 Å². The normalized spacial score (nSPS) is 12.1. The molecule has 0 bridgehead atoms. The molecule has 1 rings (SSSR count). The molecule has 0 spiro atoms. The third-order valence-electron chi connectivity index (χ3n) is 2.44. The first-order valence-corrected chi connectivity index (χ1v) is 6.04. The molecule has 0 aliphatic rings. The highest BCUT2D eigenvalue weighted by Crippen LogP contribution is 2.11. The summed E-state index contributed by atoms with van der Waals surface area (Å²) in [6, 6.07) is 7.04. The van der Waals surface area contributed by atoms with Crippen LogP contribution >= 0.6 is 11.6 Å². The highest BCUT2D eigenvalue weighted by Gasteiger charge is 2.10. The number of anilines is 1. The zero-order valence-electron chi connectivity index (χ0n) is 9.53. The van der Waals surface area contributed by atoms with Gasteiger partial charge >= 0.3 is 5.97 Å². The Labute approximate surface area is 106 Å². The number of carboxylic acids is 1. The van der Waals surface area contributed by atoms with Crippen LogP contribution < -0.4 is 11.1 Å². The zero-order valence-corrected chi connectivity index (χ0v) is 10.3. The predicted molar refractivity (Wildman–Crippen MR) is 69.6 cm³/mol. The van der Waals surface area contributed by atoms with E-state index in [0.717, 1.165) is 17.8 Å². The minimum Gasteiger partial charge on any atom is -0.480 e. The Morgan fingerprint density at radius 1 is 1.41 bits per heavy atom. The molecule has 1 aromatic rings. The molecule has 4 N–H and O–H groups in total. The molecule has 5 heteroatoms. The fourth-order valence-corrected chi connectivity index (χ4v) is 1.52. The number of carboxylic acid groups (broad SMARTS) is 1. The van der Waals surface area contributed by atoms with Crippen LogP contribution in [0.25, 0.3) is 0 Å². The lowest BCUT2D eigenvalue weighted by atomic mass is 10.1. The van der Waals surface area contributed by atoms with Gasteiger partial charge in [0.05, 0.1) is 0 Å². The summed E-state index contributed by atoms with van der Waals surface area (Å²) in [5.74, 6) is -0.389. The van der Waals surface area contributed by atoms with Gasteiger partial charge < -0.3 is 16.2 Å².